The molecule has 4 aromatic rings. The van der Waals surface area contributed by atoms with Crippen molar-refractivity contribution in [2.75, 3.05) is 58.0 Å². The van der Waals surface area contributed by atoms with Crippen LogP contribution in [-0.4, -0.2) is 115 Å². The van der Waals surface area contributed by atoms with E-state index in [4.69, 9.17) is 18.9 Å². The summed E-state index contributed by atoms with van der Waals surface area (Å²) in [6, 6.07) is 18.0. The fourth-order valence-corrected chi connectivity index (χ4v) is 6.39. The first kappa shape index (κ1) is 42.1. The number of carbonyl (C=O) groups is 7. The molecule has 1 aromatic heterocycles. The molecule has 0 saturated carbocycles. The van der Waals surface area contributed by atoms with Crippen molar-refractivity contribution >= 4 is 58.0 Å². The molecule has 3 aromatic carbocycles. The van der Waals surface area contributed by atoms with Crippen LogP contribution >= 0.6 is 0 Å². The van der Waals surface area contributed by atoms with Gasteiger partial charge in [0.05, 0.1) is 58.2 Å². The van der Waals surface area contributed by atoms with E-state index in [-0.39, 0.29) is 89.3 Å². The van der Waals surface area contributed by atoms with Crippen molar-refractivity contribution < 1.29 is 52.5 Å². The molecule has 3 N–H and O–H groups in total. The Morgan fingerprint density at radius 2 is 1.37 bits per heavy atom. The van der Waals surface area contributed by atoms with E-state index >= 15 is 0 Å². The summed E-state index contributed by atoms with van der Waals surface area (Å²) in [6.07, 6.45) is 1.73. The summed E-state index contributed by atoms with van der Waals surface area (Å²) in [6.45, 7) is 4.67. The van der Waals surface area contributed by atoms with Crippen LogP contribution in [0.15, 0.2) is 78.9 Å². The highest BCUT2D eigenvalue weighted by Crippen LogP contribution is 2.38. The molecule has 1 aliphatic heterocycles. The molecule has 2 aliphatic rings. The number of amides is 5. The molecule has 2 heterocycles. The van der Waals surface area contributed by atoms with Gasteiger partial charge >= 0.3 is 6.09 Å². The molecule has 0 spiro atoms. The Balaban J connectivity index is 0.857. The highest BCUT2D eigenvalue weighted by molar-refractivity contribution is 6.25. The molecular formula is C42H44N6O11. The summed E-state index contributed by atoms with van der Waals surface area (Å²) >= 11 is 0. The highest BCUT2D eigenvalue weighted by Gasteiger charge is 2.30. The van der Waals surface area contributed by atoms with E-state index in [9.17, 15) is 33.6 Å². The minimum atomic E-state index is -0.877. The van der Waals surface area contributed by atoms with Crippen molar-refractivity contribution in [3.8, 4) is 11.3 Å². The molecule has 6 rings (SSSR count). The molecule has 308 valence electrons. The number of nitrogens with zero attached hydrogens (tertiary/aromatic N) is 3. The van der Waals surface area contributed by atoms with Gasteiger partial charge in [-0.2, -0.15) is 9.78 Å². The van der Waals surface area contributed by atoms with Gasteiger partial charge in [0.25, 0.3) is 11.8 Å². The maximum atomic E-state index is 13.2. The highest BCUT2D eigenvalue weighted by atomic mass is 16.6. The number of anilines is 1. The van der Waals surface area contributed by atoms with Gasteiger partial charge in [0, 0.05) is 46.3 Å². The minimum absolute atomic E-state index is 0.0111. The number of benzene rings is 3. The Kier molecular flexibility index (Phi) is 14.1. The van der Waals surface area contributed by atoms with Crippen molar-refractivity contribution in [1.29, 1.82) is 0 Å². The van der Waals surface area contributed by atoms with E-state index in [1.165, 1.54) is 12.2 Å². The standard InChI is InChI=1S/C42H44N6O11/c1-26(2)38(45-33(49)16-18-56-20-22-58-23-21-57-19-17-47-35(51)14-15-36(47)52)41(54)43-24-34(50)44-28-12-10-27(11-13-28)25-59-42(55)48-32-9-5-8-31-37(32)39(46-48)29-6-3-4-7-30(29)40(31)53/h3-15,26,38H,16-25H2,1-2H3,(H,43,54)(H,44,50)(H,45,49). The maximum absolute atomic E-state index is 13.2. The van der Waals surface area contributed by atoms with E-state index in [1.54, 1.807) is 74.5 Å². The zero-order valence-electron chi connectivity index (χ0n) is 32.6. The molecule has 0 saturated heterocycles. The second-order valence-electron chi connectivity index (χ2n) is 13.9. The number of hydrogen-bond acceptors (Lipinski definition) is 12. The van der Waals surface area contributed by atoms with Gasteiger partial charge in [-0.25, -0.2) is 4.79 Å². The molecule has 0 radical (unpaired) electrons. The molecule has 59 heavy (non-hydrogen) atoms. The molecule has 1 aliphatic carbocycles. The first-order valence-electron chi connectivity index (χ1n) is 19.1. The van der Waals surface area contributed by atoms with Crippen LogP contribution in [0.25, 0.3) is 22.2 Å². The predicted octanol–water partition coefficient (Wildman–Crippen LogP) is 2.99. The molecule has 0 fully saturated rings. The zero-order valence-corrected chi connectivity index (χ0v) is 32.6. The lowest BCUT2D eigenvalue weighted by atomic mass is 9.87. The average molecular weight is 809 g/mol. The number of rotatable bonds is 20. The third-order valence-electron chi connectivity index (χ3n) is 9.42. The number of aromatic nitrogens is 2. The molecule has 1 atom stereocenters. The number of ether oxygens (including phenoxy) is 4. The van der Waals surface area contributed by atoms with Crippen LogP contribution in [0, 0.1) is 5.92 Å². The Morgan fingerprint density at radius 3 is 2.07 bits per heavy atom. The Bertz CT molecular complexity index is 2250. The van der Waals surface area contributed by atoms with Crippen LogP contribution in [0.2, 0.25) is 0 Å². The van der Waals surface area contributed by atoms with Gasteiger partial charge < -0.3 is 34.9 Å². The van der Waals surface area contributed by atoms with Crippen molar-refractivity contribution in [2.45, 2.75) is 32.9 Å². The minimum Gasteiger partial charge on any atom is -0.443 e. The summed E-state index contributed by atoms with van der Waals surface area (Å²) in [5.74, 6) is -2.50. The van der Waals surface area contributed by atoms with Gasteiger partial charge in [-0.05, 0) is 29.7 Å². The molecule has 0 bridgehead atoms. The van der Waals surface area contributed by atoms with Crippen LogP contribution < -0.4 is 16.0 Å². The fraction of sp³-hybridized carbons (Fsp3) is 0.333. The number of hydrogen-bond donors (Lipinski definition) is 3. The zero-order chi connectivity index (χ0) is 41.9. The summed E-state index contributed by atoms with van der Waals surface area (Å²) in [7, 11) is 0. The van der Waals surface area contributed by atoms with Crippen LogP contribution in [0.1, 0.15) is 41.8 Å². The normalized spacial score (nSPS) is 13.5. The van der Waals surface area contributed by atoms with Gasteiger partial charge in [0.2, 0.25) is 17.7 Å². The van der Waals surface area contributed by atoms with Crippen LogP contribution in [-0.2, 0) is 49.5 Å². The molecule has 17 heteroatoms. The number of imide groups is 1. The number of carbonyl (C=O) groups excluding carboxylic acids is 7. The average Bonchev–Trinajstić information content (AvgIpc) is 3.78. The monoisotopic (exact) mass is 808 g/mol. The van der Waals surface area contributed by atoms with Gasteiger partial charge in [0.1, 0.15) is 18.3 Å². The summed E-state index contributed by atoms with van der Waals surface area (Å²) < 4.78 is 22.9. The smallest absolute Gasteiger partial charge is 0.435 e. The van der Waals surface area contributed by atoms with Crippen LogP contribution in [0.5, 0.6) is 0 Å². The topological polar surface area (TPSA) is 214 Å². The fourth-order valence-electron chi connectivity index (χ4n) is 6.39. The van der Waals surface area contributed by atoms with Gasteiger partial charge in [0.15, 0.2) is 5.78 Å². The van der Waals surface area contributed by atoms with E-state index in [2.05, 4.69) is 21.0 Å². The predicted molar refractivity (Wildman–Crippen MR) is 212 cm³/mol. The largest absolute Gasteiger partial charge is 0.443 e. The van der Waals surface area contributed by atoms with E-state index < -0.39 is 29.9 Å². The second-order valence-corrected chi connectivity index (χ2v) is 13.9. The quantitative estimate of drug-likeness (QED) is 0.0765. The lowest BCUT2D eigenvalue weighted by Crippen LogP contribution is -2.51. The van der Waals surface area contributed by atoms with Crippen molar-refractivity contribution in [3.63, 3.8) is 0 Å². The number of ketones is 1. The summed E-state index contributed by atoms with van der Waals surface area (Å²) in [5, 5.41) is 13.1. The Labute approximate surface area is 339 Å². The molecule has 1 unspecified atom stereocenters. The summed E-state index contributed by atoms with van der Waals surface area (Å²) in [4.78, 5) is 88.5. The first-order chi connectivity index (χ1) is 28.5. The lowest BCUT2D eigenvalue weighted by molar-refractivity contribution is -0.137. The first-order valence-corrected chi connectivity index (χ1v) is 19.1. The van der Waals surface area contributed by atoms with Gasteiger partial charge in [-0.1, -0.05) is 62.4 Å². The van der Waals surface area contributed by atoms with Crippen molar-refractivity contribution in [1.82, 2.24) is 25.3 Å². The van der Waals surface area contributed by atoms with Crippen molar-refractivity contribution in [3.05, 3.63) is 95.6 Å². The maximum Gasteiger partial charge on any atom is 0.435 e. The lowest BCUT2D eigenvalue weighted by Gasteiger charge is -2.21. The number of nitrogens with one attached hydrogen (secondary N) is 3. The Hall–Kier alpha value is -6.56. The van der Waals surface area contributed by atoms with Crippen molar-refractivity contribution in [2.24, 2.45) is 5.92 Å². The van der Waals surface area contributed by atoms with E-state index in [0.29, 0.717) is 44.5 Å². The third kappa shape index (κ3) is 10.5. The van der Waals surface area contributed by atoms with E-state index in [1.807, 2.05) is 6.07 Å². The van der Waals surface area contributed by atoms with Gasteiger partial charge in [-0.3, -0.25) is 33.7 Å². The van der Waals surface area contributed by atoms with Gasteiger partial charge in [-0.15, -0.1) is 0 Å². The third-order valence-corrected chi connectivity index (χ3v) is 9.42. The molecular weight excluding hydrogens is 764 g/mol. The second kappa shape index (κ2) is 19.7. The molecule has 17 nitrogen and oxygen atoms in total. The van der Waals surface area contributed by atoms with Crippen LogP contribution in [0.3, 0.4) is 0 Å². The van der Waals surface area contributed by atoms with Crippen LogP contribution in [0.4, 0.5) is 10.5 Å². The Morgan fingerprint density at radius 1 is 0.729 bits per heavy atom. The summed E-state index contributed by atoms with van der Waals surface area (Å²) in [5.41, 5.74) is 3.74. The van der Waals surface area contributed by atoms with E-state index in [0.717, 1.165) is 9.58 Å². The SMILES string of the molecule is CC(C)C(NC(=O)CCOCCOCCOCCN1C(=O)C=CC1=O)C(=O)NCC(=O)Nc1ccc(COC(=O)n2nc3c4c(cccc42)C(=O)c2ccccc2-3)cc1. The number of fused-ring (bicyclic) bond motifs is 2. The molecule has 5 amide bonds.